The SMILES string of the molecule is CC1(c2ccc(NC(=O)c3ccccc3C(=O)O)cc2)OCCO1. The smallest absolute Gasteiger partial charge is 0.336 e. The molecule has 0 radical (unpaired) electrons. The van der Waals surface area contributed by atoms with E-state index >= 15 is 0 Å². The second-order valence-corrected chi connectivity index (χ2v) is 5.52. The van der Waals surface area contributed by atoms with Crippen LogP contribution in [0.2, 0.25) is 0 Å². The minimum Gasteiger partial charge on any atom is -0.478 e. The number of carbonyl (C=O) groups excluding carboxylic acids is 1. The maximum absolute atomic E-state index is 12.3. The van der Waals surface area contributed by atoms with Crippen molar-refractivity contribution in [1.82, 2.24) is 0 Å². The lowest BCUT2D eigenvalue weighted by Crippen LogP contribution is -2.22. The zero-order chi connectivity index (χ0) is 17.2. The molecule has 2 aromatic rings. The van der Waals surface area contributed by atoms with Crippen LogP contribution in [0.1, 0.15) is 33.2 Å². The van der Waals surface area contributed by atoms with Crippen molar-refractivity contribution in [3.63, 3.8) is 0 Å². The van der Waals surface area contributed by atoms with Gasteiger partial charge in [0.15, 0.2) is 5.79 Å². The number of hydrogen-bond acceptors (Lipinski definition) is 4. The summed E-state index contributed by atoms with van der Waals surface area (Å²) < 4.78 is 11.2. The van der Waals surface area contributed by atoms with Crippen molar-refractivity contribution in [3.8, 4) is 0 Å². The van der Waals surface area contributed by atoms with Crippen molar-refractivity contribution >= 4 is 17.6 Å². The molecule has 0 atom stereocenters. The fraction of sp³-hybridized carbons (Fsp3) is 0.222. The molecule has 2 aromatic carbocycles. The highest BCUT2D eigenvalue weighted by atomic mass is 16.7. The van der Waals surface area contributed by atoms with Gasteiger partial charge in [-0.2, -0.15) is 0 Å². The summed E-state index contributed by atoms with van der Waals surface area (Å²) in [4.78, 5) is 23.5. The molecular weight excluding hydrogens is 310 g/mol. The van der Waals surface area contributed by atoms with E-state index in [1.807, 2.05) is 19.1 Å². The molecule has 1 aliphatic heterocycles. The molecule has 1 fully saturated rings. The van der Waals surface area contributed by atoms with Crippen LogP contribution < -0.4 is 5.32 Å². The molecule has 6 heteroatoms. The highest BCUT2D eigenvalue weighted by Crippen LogP contribution is 2.31. The first-order valence-corrected chi connectivity index (χ1v) is 7.52. The maximum Gasteiger partial charge on any atom is 0.336 e. The van der Waals surface area contributed by atoms with E-state index in [-0.39, 0.29) is 11.1 Å². The summed E-state index contributed by atoms with van der Waals surface area (Å²) >= 11 is 0. The predicted octanol–water partition coefficient (Wildman–Crippen LogP) is 2.86. The van der Waals surface area contributed by atoms with Gasteiger partial charge in [-0.1, -0.05) is 24.3 Å². The van der Waals surface area contributed by atoms with Gasteiger partial charge in [0.1, 0.15) is 0 Å². The van der Waals surface area contributed by atoms with Gasteiger partial charge in [-0.25, -0.2) is 4.79 Å². The zero-order valence-electron chi connectivity index (χ0n) is 13.1. The number of ether oxygens (including phenoxy) is 2. The highest BCUT2D eigenvalue weighted by molar-refractivity contribution is 6.10. The van der Waals surface area contributed by atoms with E-state index in [1.165, 1.54) is 12.1 Å². The van der Waals surface area contributed by atoms with E-state index in [0.29, 0.717) is 18.9 Å². The average molecular weight is 327 g/mol. The predicted molar refractivity (Wildman–Crippen MR) is 87.1 cm³/mol. The van der Waals surface area contributed by atoms with Crippen LogP contribution in [0.25, 0.3) is 0 Å². The second kappa shape index (κ2) is 6.43. The third-order valence-electron chi connectivity index (χ3n) is 3.91. The summed E-state index contributed by atoms with van der Waals surface area (Å²) in [6.07, 6.45) is 0. The molecule has 1 heterocycles. The molecule has 3 rings (SSSR count). The van der Waals surface area contributed by atoms with Gasteiger partial charge in [0, 0.05) is 11.3 Å². The van der Waals surface area contributed by atoms with Crippen molar-refractivity contribution in [2.24, 2.45) is 0 Å². The van der Waals surface area contributed by atoms with E-state index in [2.05, 4.69) is 5.32 Å². The summed E-state index contributed by atoms with van der Waals surface area (Å²) in [5, 5.41) is 11.9. The number of rotatable bonds is 4. The molecule has 1 amide bonds. The Morgan fingerprint density at radius 3 is 2.17 bits per heavy atom. The van der Waals surface area contributed by atoms with Crippen LogP contribution in [-0.2, 0) is 15.3 Å². The number of carboxylic acids is 1. The van der Waals surface area contributed by atoms with E-state index in [9.17, 15) is 9.59 Å². The number of carboxylic acid groups (broad SMARTS) is 1. The molecular formula is C18H17NO5. The lowest BCUT2D eigenvalue weighted by atomic mass is 10.1. The van der Waals surface area contributed by atoms with Crippen LogP contribution >= 0.6 is 0 Å². The van der Waals surface area contributed by atoms with Crippen LogP contribution in [0, 0.1) is 0 Å². The number of aromatic carboxylic acids is 1. The summed E-state index contributed by atoms with van der Waals surface area (Å²) in [5.41, 5.74) is 1.49. The third-order valence-corrected chi connectivity index (χ3v) is 3.91. The highest BCUT2D eigenvalue weighted by Gasteiger charge is 2.32. The van der Waals surface area contributed by atoms with Crippen molar-refractivity contribution < 1.29 is 24.2 Å². The Hall–Kier alpha value is -2.70. The van der Waals surface area contributed by atoms with Gasteiger partial charge in [-0.05, 0) is 31.2 Å². The Balaban J connectivity index is 1.77. The molecule has 1 aliphatic rings. The van der Waals surface area contributed by atoms with Crippen molar-refractivity contribution in [1.29, 1.82) is 0 Å². The van der Waals surface area contributed by atoms with Crippen LogP contribution in [0.3, 0.4) is 0 Å². The number of carbonyl (C=O) groups is 2. The van der Waals surface area contributed by atoms with Crippen molar-refractivity contribution in [2.45, 2.75) is 12.7 Å². The Labute approximate surface area is 139 Å². The fourth-order valence-corrected chi connectivity index (χ4v) is 2.60. The van der Waals surface area contributed by atoms with Crippen molar-refractivity contribution in [3.05, 3.63) is 65.2 Å². The monoisotopic (exact) mass is 327 g/mol. The Morgan fingerprint density at radius 1 is 1.00 bits per heavy atom. The Morgan fingerprint density at radius 2 is 1.58 bits per heavy atom. The van der Waals surface area contributed by atoms with Crippen LogP contribution in [0.4, 0.5) is 5.69 Å². The summed E-state index contributed by atoms with van der Waals surface area (Å²) in [6, 6.07) is 13.2. The molecule has 0 spiro atoms. The molecule has 0 bridgehead atoms. The molecule has 0 unspecified atom stereocenters. The van der Waals surface area contributed by atoms with Gasteiger partial charge in [0.25, 0.3) is 5.91 Å². The van der Waals surface area contributed by atoms with Gasteiger partial charge >= 0.3 is 5.97 Å². The van der Waals surface area contributed by atoms with Crippen LogP contribution in [-0.4, -0.2) is 30.2 Å². The zero-order valence-corrected chi connectivity index (χ0v) is 13.1. The average Bonchev–Trinajstić information content (AvgIpc) is 3.03. The van der Waals surface area contributed by atoms with Gasteiger partial charge in [-0.15, -0.1) is 0 Å². The van der Waals surface area contributed by atoms with E-state index in [4.69, 9.17) is 14.6 Å². The molecule has 2 N–H and O–H groups in total. The molecule has 6 nitrogen and oxygen atoms in total. The standard InChI is InChI=1S/C18H17NO5/c1-18(23-10-11-24-18)12-6-8-13(9-7-12)19-16(20)14-4-2-3-5-15(14)17(21)22/h2-9H,10-11H2,1H3,(H,19,20)(H,21,22). The third kappa shape index (κ3) is 3.15. The second-order valence-electron chi connectivity index (χ2n) is 5.52. The van der Waals surface area contributed by atoms with E-state index in [1.54, 1.807) is 24.3 Å². The lowest BCUT2D eigenvalue weighted by Gasteiger charge is -2.22. The summed E-state index contributed by atoms with van der Waals surface area (Å²) in [6.45, 7) is 2.93. The topological polar surface area (TPSA) is 84.9 Å². The molecule has 1 saturated heterocycles. The summed E-state index contributed by atoms with van der Waals surface area (Å²) in [7, 11) is 0. The largest absolute Gasteiger partial charge is 0.478 e. The minimum absolute atomic E-state index is 0.0353. The summed E-state index contributed by atoms with van der Waals surface area (Å²) in [5.74, 6) is -2.38. The van der Waals surface area contributed by atoms with Crippen molar-refractivity contribution in [2.75, 3.05) is 18.5 Å². The molecule has 0 aromatic heterocycles. The number of nitrogens with one attached hydrogen (secondary N) is 1. The van der Waals surface area contributed by atoms with Gasteiger partial charge in [-0.3, -0.25) is 4.79 Å². The van der Waals surface area contributed by atoms with Gasteiger partial charge in [0.2, 0.25) is 0 Å². The van der Waals surface area contributed by atoms with E-state index in [0.717, 1.165) is 5.56 Å². The van der Waals surface area contributed by atoms with Crippen LogP contribution in [0.15, 0.2) is 48.5 Å². The van der Waals surface area contributed by atoms with E-state index < -0.39 is 17.7 Å². The van der Waals surface area contributed by atoms with Gasteiger partial charge in [0.05, 0.1) is 24.3 Å². The quantitative estimate of drug-likeness (QED) is 0.902. The first kappa shape index (κ1) is 16.2. The number of benzene rings is 2. The first-order valence-electron chi connectivity index (χ1n) is 7.52. The molecule has 0 aliphatic carbocycles. The Bertz CT molecular complexity index is 763. The normalized spacial score (nSPS) is 15.9. The Kier molecular flexibility index (Phi) is 4.33. The molecule has 0 saturated carbocycles. The number of anilines is 1. The lowest BCUT2D eigenvalue weighted by molar-refractivity contribution is -0.149. The maximum atomic E-state index is 12.3. The van der Waals surface area contributed by atoms with Gasteiger partial charge < -0.3 is 19.9 Å². The molecule has 24 heavy (non-hydrogen) atoms. The minimum atomic E-state index is -1.14. The number of hydrogen-bond donors (Lipinski definition) is 2. The number of amides is 1. The van der Waals surface area contributed by atoms with Crippen LogP contribution in [0.5, 0.6) is 0 Å². The fourth-order valence-electron chi connectivity index (χ4n) is 2.60. The first-order chi connectivity index (χ1) is 11.5. The molecule has 124 valence electrons.